The molecule has 2 rings (SSSR count). The van der Waals surface area contributed by atoms with E-state index in [-0.39, 0.29) is 11.2 Å². The fraction of sp³-hybridized carbons (Fsp3) is 0.667. The van der Waals surface area contributed by atoms with Gasteiger partial charge in [-0.25, -0.2) is 9.78 Å². The summed E-state index contributed by atoms with van der Waals surface area (Å²) in [6.07, 6.45) is -4.64. The average molecular weight is 323 g/mol. The Kier molecular flexibility index (Phi) is 4.16. The molecule has 2 amide bonds. The number of carbonyl (C=O) groups is 1. The van der Waals surface area contributed by atoms with Gasteiger partial charge in [0, 0.05) is 11.9 Å². The zero-order valence-corrected chi connectivity index (χ0v) is 12.6. The summed E-state index contributed by atoms with van der Waals surface area (Å²) in [6.45, 7) is 6.29. The van der Waals surface area contributed by atoms with Crippen LogP contribution in [-0.2, 0) is 10.9 Å². The topological polar surface area (TPSA) is 54.5 Å². The molecule has 0 bridgehead atoms. The van der Waals surface area contributed by atoms with E-state index in [0.29, 0.717) is 13.1 Å². The number of ether oxygens (including phenoxy) is 1. The number of amides is 2. The zero-order chi connectivity index (χ0) is 15.8. The number of aromatic nitrogens is 1. The van der Waals surface area contributed by atoms with Crippen molar-refractivity contribution in [1.82, 2.24) is 9.88 Å². The van der Waals surface area contributed by atoms with E-state index in [1.54, 1.807) is 0 Å². The normalized spacial score (nSPS) is 22.2. The van der Waals surface area contributed by atoms with Crippen molar-refractivity contribution in [2.45, 2.75) is 38.7 Å². The van der Waals surface area contributed by atoms with E-state index in [4.69, 9.17) is 4.74 Å². The third-order valence-corrected chi connectivity index (χ3v) is 3.62. The molecule has 1 aromatic heterocycles. The molecule has 1 fully saturated rings. The number of nitrogens with one attached hydrogen (secondary N) is 1. The number of rotatable bonds is 1. The van der Waals surface area contributed by atoms with Gasteiger partial charge in [0.05, 0.1) is 18.2 Å². The Morgan fingerprint density at radius 2 is 2.24 bits per heavy atom. The summed E-state index contributed by atoms with van der Waals surface area (Å²) in [4.78, 5) is 17.0. The van der Waals surface area contributed by atoms with E-state index in [1.165, 1.54) is 4.90 Å². The molecule has 118 valence electrons. The lowest BCUT2D eigenvalue weighted by atomic mass is 10.1. The molecule has 0 aromatic carbocycles. The highest BCUT2D eigenvalue weighted by Gasteiger charge is 2.36. The van der Waals surface area contributed by atoms with Crippen LogP contribution in [-0.4, -0.2) is 40.7 Å². The fourth-order valence-electron chi connectivity index (χ4n) is 2.24. The van der Waals surface area contributed by atoms with Gasteiger partial charge in [-0.2, -0.15) is 13.2 Å². The first-order valence-corrected chi connectivity index (χ1v) is 7.21. The molecule has 1 unspecified atom stereocenters. The predicted octanol–water partition coefficient (Wildman–Crippen LogP) is 3.19. The molecule has 1 aliphatic heterocycles. The molecule has 1 N–H and O–H groups in total. The van der Waals surface area contributed by atoms with E-state index in [0.717, 1.165) is 16.7 Å². The molecule has 1 atom stereocenters. The molecule has 0 radical (unpaired) electrons. The Balaban J connectivity index is 2.03. The summed E-state index contributed by atoms with van der Waals surface area (Å²) in [6, 6.07) is -0.471. The van der Waals surface area contributed by atoms with Crippen LogP contribution in [0, 0.1) is 0 Å². The summed E-state index contributed by atoms with van der Waals surface area (Å²) in [5.74, 6) is 0. The van der Waals surface area contributed by atoms with Crippen molar-refractivity contribution in [1.29, 1.82) is 0 Å². The largest absolute Gasteiger partial charge is 0.434 e. The summed E-state index contributed by atoms with van der Waals surface area (Å²) < 4.78 is 43.0. The van der Waals surface area contributed by atoms with Crippen LogP contribution in [0.1, 0.15) is 26.5 Å². The highest BCUT2D eigenvalue weighted by atomic mass is 32.1. The van der Waals surface area contributed by atoms with Crippen molar-refractivity contribution >= 4 is 22.5 Å². The zero-order valence-electron chi connectivity index (χ0n) is 11.8. The molecular weight excluding hydrogens is 307 g/mol. The minimum atomic E-state index is -4.51. The maximum absolute atomic E-state index is 12.5. The molecule has 9 heteroatoms. The van der Waals surface area contributed by atoms with E-state index >= 15 is 0 Å². The Morgan fingerprint density at radius 1 is 1.57 bits per heavy atom. The van der Waals surface area contributed by atoms with Gasteiger partial charge in [0.15, 0.2) is 10.8 Å². The van der Waals surface area contributed by atoms with Crippen molar-refractivity contribution in [3.05, 3.63) is 11.1 Å². The Labute approximate surface area is 124 Å². The second-order valence-corrected chi connectivity index (χ2v) is 6.39. The molecule has 1 aromatic rings. The summed E-state index contributed by atoms with van der Waals surface area (Å²) in [5, 5.41) is 3.21. The highest BCUT2D eigenvalue weighted by Crippen LogP contribution is 2.31. The lowest BCUT2D eigenvalue weighted by molar-refractivity contribution is -0.140. The third-order valence-electron chi connectivity index (χ3n) is 2.87. The van der Waals surface area contributed by atoms with Gasteiger partial charge in [0.2, 0.25) is 0 Å². The maximum atomic E-state index is 12.5. The molecule has 0 aliphatic carbocycles. The molecule has 1 saturated heterocycles. The highest BCUT2D eigenvalue weighted by molar-refractivity contribution is 7.13. The lowest BCUT2D eigenvalue weighted by Gasteiger charge is -2.41. The van der Waals surface area contributed by atoms with Crippen LogP contribution in [0.25, 0.3) is 0 Å². The van der Waals surface area contributed by atoms with Gasteiger partial charge in [0.1, 0.15) is 0 Å². The Bertz CT molecular complexity index is 530. The minimum Gasteiger partial charge on any atom is -0.369 e. The smallest absolute Gasteiger partial charge is 0.369 e. The second-order valence-electron chi connectivity index (χ2n) is 5.53. The van der Waals surface area contributed by atoms with Crippen molar-refractivity contribution in [2.75, 3.05) is 18.4 Å². The molecule has 5 nitrogen and oxygen atoms in total. The predicted molar refractivity (Wildman–Crippen MR) is 72.3 cm³/mol. The number of morpholine rings is 1. The quantitative estimate of drug-likeness (QED) is 0.863. The molecule has 0 spiro atoms. The Hall–Kier alpha value is -1.35. The third kappa shape index (κ3) is 4.07. The first-order valence-electron chi connectivity index (χ1n) is 6.33. The molecule has 0 saturated carbocycles. The van der Waals surface area contributed by atoms with E-state index in [9.17, 15) is 18.0 Å². The van der Waals surface area contributed by atoms with Crippen molar-refractivity contribution < 1.29 is 22.7 Å². The molecule has 2 heterocycles. The van der Waals surface area contributed by atoms with Gasteiger partial charge in [-0.15, -0.1) is 11.3 Å². The van der Waals surface area contributed by atoms with Crippen molar-refractivity contribution in [3.63, 3.8) is 0 Å². The standard InChI is InChI=1S/C12H16F3N3O2S/c1-7-4-18(6-11(2,3)20-7)10(19)17-9-16-8(5-21-9)12(13,14)15/h5,7H,4,6H2,1-3H3,(H,16,17,19). The summed E-state index contributed by atoms with van der Waals surface area (Å²) >= 11 is 0.748. The van der Waals surface area contributed by atoms with Gasteiger partial charge < -0.3 is 9.64 Å². The minimum absolute atomic E-state index is 0.0655. The first kappa shape index (κ1) is 16.0. The number of thiazole rings is 1. The van der Waals surface area contributed by atoms with Crippen LogP contribution in [0.3, 0.4) is 0 Å². The molecular formula is C12H16F3N3O2S. The SMILES string of the molecule is CC1CN(C(=O)Nc2nc(C(F)(F)F)cs2)CC(C)(C)O1. The van der Waals surface area contributed by atoms with Crippen LogP contribution in [0.4, 0.5) is 23.1 Å². The number of hydrogen-bond donors (Lipinski definition) is 1. The van der Waals surface area contributed by atoms with E-state index < -0.39 is 23.5 Å². The van der Waals surface area contributed by atoms with E-state index in [1.807, 2.05) is 20.8 Å². The van der Waals surface area contributed by atoms with Crippen LogP contribution >= 0.6 is 11.3 Å². The molecule has 1 aliphatic rings. The Morgan fingerprint density at radius 3 is 2.76 bits per heavy atom. The second kappa shape index (κ2) is 5.45. The number of urea groups is 1. The van der Waals surface area contributed by atoms with Gasteiger partial charge >= 0.3 is 12.2 Å². The van der Waals surface area contributed by atoms with Gasteiger partial charge in [-0.3, -0.25) is 5.32 Å². The van der Waals surface area contributed by atoms with Crippen LogP contribution in [0.5, 0.6) is 0 Å². The first-order chi connectivity index (χ1) is 9.57. The number of alkyl halides is 3. The van der Waals surface area contributed by atoms with Crippen LogP contribution < -0.4 is 5.32 Å². The monoisotopic (exact) mass is 323 g/mol. The number of anilines is 1. The summed E-state index contributed by atoms with van der Waals surface area (Å²) in [5.41, 5.74) is -1.49. The maximum Gasteiger partial charge on any atom is 0.434 e. The number of carbonyl (C=O) groups excluding carboxylic acids is 1. The van der Waals surface area contributed by atoms with Gasteiger partial charge in [0.25, 0.3) is 0 Å². The summed E-state index contributed by atoms with van der Waals surface area (Å²) in [7, 11) is 0. The number of hydrogen-bond acceptors (Lipinski definition) is 4. The van der Waals surface area contributed by atoms with Gasteiger partial charge in [-0.1, -0.05) is 0 Å². The molecule has 21 heavy (non-hydrogen) atoms. The van der Waals surface area contributed by atoms with Gasteiger partial charge in [-0.05, 0) is 20.8 Å². The van der Waals surface area contributed by atoms with Crippen LogP contribution in [0.2, 0.25) is 0 Å². The van der Waals surface area contributed by atoms with Crippen molar-refractivity contribution in [2.24, 2.45) is 0 Å². The number of halogens is 3. The average Bonchev–Trinajstić information content (AvgIpc) is 2.74. The van der Waals surface area contributed by atoms with Crippen molar-refractivity contribution in [3.8, 4) is 0 Å². The fourth-order valence-corrected chi connectivity index (χ4v) is 2.95. The number of nitrogens with zero attached hydrogens (tertiary/aromatic N) is 2. The van der Waals surface area contributed by atoms with Crippen LogP contribution in [0.15, 0.2) is 5.38 Å². The van der Waals surface area contributed by atoms with E-state index in [2.05, 4.69) is 10.3 Å². The lowest BCUT2D eigenvalue weighted by Crippen LogP contribution is -2.54.